The monoisotopic (exact) mass is 462 g/mol. The van der Waals surface area contributed by atoms with Crippen LogP contribution in [0.5, 0.6) is 5.75 Å². The lowest BCUT2D eigenvalue weighted by atomic mass is 10.1. The van der Waals surface area contributed by atoms with Crippen molar-refractivity contribution < 1.29 is 22.9 Å². The summed E-state index contributed by atoms with van der Waals surface area (Å²) in [6, 6.07) is 11.1. The number of anilines is 1. The lowest BCUT2D eigenvalue weighted by molar-refractivity contribution is -0.384. The minimum atomic E-state index is -3.16. The number of non-ortho nitro benzene ring substituents is 1. The molecule has 0 unspecified atom stereocenters. The van der Waals surface area contributed by atoms with Gasteiger partial charge in [0.1, 0.15) is 5.75 Å². The van der Waals surface area contributed by atoms with Crippen LogP contribution in [0.1, 0.15) is 22.8 Å². The van der Waals surface area contributed by atoms with Crippen molar-refractivity contribution in [2.75, 3.05) is 44.4 Å². The van der Waals surface area contributed by atoms with Crippen LogP contribution >= 0.6 is 0 Å². The Balaban J connectivity index is 1.61. The molecule has 1 aliphatic rings. The van der Waals surface area contributed by atoms with E-state index < -0.39 is 20.9 Å². The van der Waals surface area contributed by atoms with Crippen LogP contribution < -0.4 is 10.1 Å². The summed E-state index contributed by atoms with van der Waals surface area (Å²) in [4.78, 5) is 25.3. The highest BCUT2D eigenvalue weighted by molar-refractivity contribution is 7.89. The van der Waals surface area contributed by atoms with Gasteiger partial charge in [-0.3, -0.25) is 19.8 Å². The Hall–Kier alpha value is -3.02. The molecule has 0 aliphatic carbocycles. The fourth-order valence-corrected chi connectivity index (χ4v) is 4.55. The van der Waals surface area contributed by atoms with Crippen molar-refractivity contribution in [2.45, 2.75) is 13.5 Å². The molecule has 32 heavy (non-hydrogen) atoms. The second kappa shape index (κ2) is 10.1. The van der Waals surface area contributed by atoms with Crippen LogP contribution in [0, 0.1) is 10.1 Å². The third-order valence-corrected chi connectivity index (χ3v) is 7.24. The van der Waals surface area contributed by atoms with Crippen molar-refractivity contribution >= 4 is 27.3 Å². The summed E-state index contributed by atoms with van der Waals surface area (Å²) in [6.07, 6.45) is 0. The Morgan fingerprint density at radius 3 is 2.34 bits per heavy atom. The van der Waals surface area contributed by atoms with Crippen molar-refractivity contribution in [1.29, 1.82) is 0 Å². The lowest BCUT2D eigenvalue weighted by Crippen LogP contribution is -2.48. The SMILES string of the molecule is CCS(=O)(=O)N1CCN(Cc2ccc(C(=O)Nc3cc([N+](=O)[O-])ccc3OC)cc2)CC1. The molecule has 0 spiro atoms. The van der Waals surface area contributed by atoms with Crippen LogP contribution in [0.15, 0.2) is 42.5 Å². The molecule has 0 bridgehead atoms. The molecule has 172 valence electrons. The molecule has 0 saturated carbocycles. The molecule has 1 aliphatic heterocycles. The summed E-state index contributed by atoms with van der Waals surface area (Å²) in [5, 5.41) is 13.7. The topological polar surface area (TPSA) is 122 Å². The van der Waals surface area contributed by atoms with E-state index in [-0.39, 0.29) is 17.1 Å². The largest absolute Gasteiger partial charge is 0.495 e. The van der Waals surface area contributed by atoms with E-state index in [9.17, 15) is 23.3 Å². The molecule has 2 aromatic carbocycles. The van der Waals surface area contributed by atoms with E-state index in [1.807, 2.05) is 12.1 Å². The number of nitro benzene ring substituents is 1. The summed E-state index contributed by atoms with van der Waals surface area (Å²) < 4.78 is 30.6. The van der Waals surface area contributed by atoms with Gasteiger partial charge in [0.05, 0.1) is 23.5 Å². The zero-order valence-corrected chi connectivity index (χ0v) is 18.8. The van der Waals surface area contributed by atoms with Gasteiger partial charge in [0.2, 0.25) is 10.0 Å². The molecule has 1 fully saturated rings. The van der Waals surface area contributed by atoms with Gasteiger partial charge < -0.3 is 10.1 Å². The molecule has 2 aromatic rings. The Morgan fingerprint density at radius 2 is 1.78 bits per heavy atom. The number of ether oxygens (including phenoxy) is 1. The van der Waals surface area contributed by atoms with Crippen molar-refractivity contribution in [2.24, 2.45) is 0 Å². The maximum absolute atomic E-state index is 12.6. The van der Waals surface area contributed by atoms with Crippen molar-refractivity contribution in [3.05, 3.63) is 63.7 Å². The van der Waals surface area contributed by atoms with E-state index in [4.69, 9.17) is 4.74 Å². The summed E-state index contributed by atoms with van der Waals surface area (Å²) in [6.45, 7) is 4.54. The van der Waals surface area contributed by atoms with Crippen molar-refractivity contribution in [3.8, 4) is 5.75 Å². The average Bonchev–Trinajstić information content (AvgIpc) is 2.79. The summed E-state index contributed by atoms with van der Waals surface area (Å²) in [7, 11) is -1.74. The summed E-state index contributed by atoms with van der Waals surface area (Å²) in [5.41, 5.74) is 1.47. The number of piperazine rings is 1. The minimum Gasteiger partial charge on any atom is -0.495 e. The number of nitrogens with one attached hydrogen (secondary N) is 1. The first-order valence-electron chi connectivity index (χ1n) is 10.2. The van der Waals surface area contributed by atoms with Gasteiger partial charge in [-0.2, -0.15) is 4.31 Å². The predicted octanol–water partition coefficient (Wildman–Crippen LogP) is 2.32. The minimum absolute atomic E-state index is 0.110. The first kappa shape index (κ1) is 23.6. The van der Waals surface area contributed by atoms with Gasteiger partial charge in [0, 0.05) is 50.4 Å². The highest BCUT2D eigenvalue weighted by atomic mass is 32.2. The maximum atomic E-state index is 12.6. The van der Waals surface area contributed by atoms with Crippen LogP contribution in [-0.4, -0.2) is 67.5 Å². The van der Waals surface area contributed by atoms with Gasteiger partial charge >= 0.3 is 0 Å². The highest BCUT2D eigenvalue weighted by Gasteiger charge is 2.25. The van der Waals surface area contributed by atoms with E-state index in [1.165, 1.54) is 29.6 Å². The van der Waals surface area contributed by atoms with Gasteiger partial charge in [0.15, 0.2) is 0 Å². The maximum Gasteiger partial charge on any atom is 0.271 e. The predicted molar refractivity (Wildman–Crippen MR) is 120 cm³/mol. The molecule has 0 atom stereocenters. The summed E-state index contributed by atoms with van der Waals surface area (Å²) in [5.74, 6) is 0.0252. The second-order valence-corrected chi connectivity index (χ2v) is 9.63. The number of rotatable bonds is 8. The number of sulfonamides is 1. The fraction of sp³-hybridized carbons (Fsp3) is 0.381. The van der Waals surface area contributed by atoms with Gasteiger partial charge in [0.25, 0.3) is 11.6 Å². The van der Waals surface area contributed by atoms with E-state index in [0.29, 0.717) is 44.0 Å². The molecule has 10 nitrogen and oxygen atoms in total. The quantitative estimate of drug-likeness (QED) is 0.472. The van der Waals surface area contributed by atoms with Gasteiger partial charge in [-0.25, -0.2) is 8.42 Å². The molecule has 1 saturated heterocycles. The average molecular weight is 463 g/mol. The molecule has 3 rings (SSSR count). The molecule has 1 heterocycles. The third kappa shape index (κ3) is 5.61. The van der Waals surface area contributed by atoms with Crippen LogP contribution in [0.25, 0.3) is 0 Å². The number of nitro groups is 1. The summed E-state index contributed by atoms with van der Waals surface area (Å²) >= 11 is 0. The number of nitrogens with zero attached hydrogens (tertiary/aromatic N) is 3. The van der Waals surface area contributed by atoms with E-state index in [2.05, 4.69) is 10.2 Å². The Labute approximate surface area is 187 Å². The molecule has 1 amide bonds. The molecule has 0 aromatic heterocycles. The van der Waals surface area contributed by atoms with Gasteiger partial charge in [-0.05, 0) is 30.7 Å². The number of benzene rings is 2. The van der Waals surface area contributed by atoms with Crippen molar-refractivity contribution in [3.63, 3.8) is 0 Å². The first-order valence-corrected chi connectivity index (χ1v) is 11.8. The van der Waals surface area contributed by atoms with E-state index >= 15 is 0 Å². The Kier molecular flexibility index (Phi) is 7.44. The highest BCUT2D eigenvalue weighted by Crippen LogP contribution is 2.29. The van der Waals surface area contributed by atoms with Crippen LogP contribution in [-0.2, 0) is 16.6 Å². The molecule has 0 radical (unpaired) electrons. The lowest BCUT2D eigenvalue weighted by Gasteiger charge is -2.33. The van der Waals surface area contributed by atoms with Crippen LogP contribution in [0.2, 0.25) is 0 Å². The number of methoxy groups -OCH3 is 1. The van der Waals surface area contributed by atoms with Crippen molar-refractivity contribution in [1.82, 2.24) is 9.21 Å². The zero-order chi connectivity index (χ0) is 23.3. The number of carbonyl (C=O) groups is 1. The number of hydrogen-bond donors (Lipinski definition) is 1. The first-order chi connectivity index (χ1) is 15.2. The normalized spacial score (nSPS) is 15.3. The fourth-order valence-electron chi connectivity index (χ4n) is 3.47. The molecule has 1 N–H and O–H groups in total. The Morgan fingerprint density at radius 1 is 1.12 bits per heavy atom. The van der Waals surface area contributed by atoms with Crippen LogP contribution in [0.3, 0.4) is 0 Å². The number of hydrogen-bond acceptors (Lipinski definition) is 7. The molecule has 11 heteroatoms. The number of carbonyl (C=O) groups excluding carboxylic acids is 1. The smallest absolute Gasteiger partial charge is 0.271 e. The van der Waals surface area contributed by atoms with Crippen LogP contribution in [0.4, 0.5) is 11.4 Å². The Bertz CT molecular complexity index is 1080. The molecular formula is C21H26N4O6S. The zero-order valence-electron chi connectivity index (χ0n) is 18.0. The third-order valence-electron chi connectivity index (χ3n) is 5.35. The van der Waals surface area contributed by atoms with Gasteiger partial charge in [-0.15, -0.1) is 0 Å². The molecular weight excluding hydrogens is 436 g/mol. The van der Waals surface area contributed by atoms with E-state index in [0.717, 1.165) is 5.56 Å². The van der Waals surface area contributed by atoms with Gasteiger partial charge in [-0.1, -0.05) is 12.1 Å². The number of amides is 1. The second-order valence-electron chi connectivity index (χ2n) is 7.37. The van der Waals surface area contributed by atoms with E-state index in [1.54, 1.807) is 19.1 Å². The standard InChI is InChI=1S/C21H26N4O6S/c1-3-32(29,30)24-12-10-23(11-13-24)15-16-4-6-17(7-5-16)21(26)22-19-14-18(25(27)28)8-9-20(19)31-2/h4-9,14H,3,10-13,15H2,1-2H3,(H,22,26).